The first kappa shape index (κ1) is 39.3. The number of carbonyl (C=O) groups excluding carboxylic acids is 2. The highest BCUT2D eigenvalue weighted by Crippen LogP contribution is 2.29. The second-order valence-corrected chi connectivity index (χ2v) is 16.7. The molecule has 5 aromatic rings. The minimum atomic E-state index is -4.07. The van der Waals surface area contributed by atoms with Crippen molar-refractivity contribution in [3.05, 3.63) is 125 Å². The van der Waals surface area contributed by atoms with Crippen molar-refractivity contribution < 1.29 is 36.3 Å². The Morgan fingerprint density at radius 3 is 2.07 bits per heavy atom. The van der Waals surface area contributed by atoms with Crippen LogP contribution in [0.4, 0.5) is 11.5 Å². The highest BCUT2D eigenvalue weighted by Gasteiger charge is 2.35. The molecule has 6 rings (SSSR count). The predicted molar refractivity (Wildman–Crippen MR) is 210 cm³/mol. The number of nitrogens with two attached hydrogens (primary N) is 1. The highest BCUT2D eigenvalue weighted by molar-refractivity contribution is 7.89. The quantitative estimate of drug-likeness (QED) is 0.100. The molecule has 0 saturated carbocycles. The van der Waals surface area contributed by atoms with Gasteiger partial charge in [0.05, 0.1) is 16.0 Å². The van der Waals surface area contributed by atoms with E-state index in [1.807, 2.05) is 24.3 Å². The highest BCUT2D eigenvalue weighted by atomic mass is 32.2. The molecule has 16 heteroatoms. The predicted octanol–water partition coefficient (Wildman–Crippen LogP) is 5.22. The summed E-state index contributed by atoms with van der Waals surface area (Å²) in [5.74, 6) is -1.92. The van der Waals surface area contributed by atoms with Crippen LogP contribution in [0.15, 0.2) is 102 Å². The molecule has 1 aliphatic rings. The normalized spacial score (nSPS) is 14.2. The zero-order chi connectivity index (χ0) is 39.3. The fourth-order valence-corrected chi connectivity index (χ4v) is 9.32. The molecule has 1 aliphatic heterocycles. The Kier molecular flexibility index (Phi) is 11.8. The van der Waals surface area contributed by atoms with E-state index in [2.05, 4.69) is 15.6 Å². The van der Waals surface area contributed by atoms with Crippen molar-refractivity contribution in [2.24, 2.45) is 5.14 Å². The molecule has 288 valence electrons. The first-order valence-electron chi connectivity index (χ1n) is 17.8. The number of fused-ring (bicyclic) bond motifs is 1. The number of aromatic nitrogens is 1. The molecule has 4 aromatic carbocycles. The molecule has 6 N–H and O–H groups in total. The Hall–Kier alpha value is -5.39. The van der Waals surface area contributed by atoms with Gasteiger partial charge in [-0.2, -0.15) is 17.0 Å². The van der Waals surface area contributed by atoms with E-state index in [0.29, 0.717) is 16.6 Å². The van der Waals surface area contributed by atoms with Crippen LogP contribution in [-0.4, -0.2) is 79.0 Å². The molecular weight excluding hydrogens is 745 g/mol. The molecule has 0 atom stereocenters. The summed E-state index contributed by atoms with van der Waals surface area (Å²) in [6.07, 6.45) is 2.97. The van der Waals surface area contributed by atoms with Gasteiger partial charge in [-0.1, -0.05) is 55.5 Å². The van der Waals surface area contributed by atoms with E-state index in [1.54, 1.807) is 55.5 Å². The number of piperidine rings is 1. The second-order valence-electron chi connectivity index (χ2n) is 13.3. The standard InChI is InChI=1S/C39H42N6O8S2/c1-2-45(31-21-23-44(24-22-31)55(40,52)53)54(50,51)32-10-6-9-29(25-32)37(46)43-36-35(33-11-3-4-12-34(33)42-36)38(47)41-30-19-15-27(16-20-30)8-5-7-26-13-17-28(18-14-26)39(48)49/h3-4,6,9-20,25,31,42H,2,5,7-8,21-24H2,1H3,(H,41,47)(H,43,46)(H,48,49)(H2,40,52,53). The van der Waals surface area contributed by atoms with Crippen LogP contribution in [0.3, 0.4) is 0 Å². The lowest BCUT2D eigenvalue weighted by atomic mass is 10.0. The van der Waals surface area contributed by atoms with E-state index < -0.39 is 44.1 Å². The van der Waals surface area contributed by atoms with Crippen LogP contribution in [0.1, 0.15) is 68.4 Å². The number of H-pyrrole nitrogens is 1. The molecule has 1 fully saturated rings. The number of sulfonamides is 1. The molecule has 1 aromatic heterocycles. The number of anilines is 2. The molecule has 0 bridgehead atoms. The van der Waals surface area contributed by atoms with Gasteiger partial charge in [0.15, 0.2) is 0 Å². The number of benzene rings is 4. The smallest absolute Gasteiger partial charge is 0.335 e. The van der Waals surface area contributed by atoms with Crippen molar-refractivity contribution >= 4 is 60.4 Å². The van der Waals surface area contributed by atoms with E-state index >= 15 is 0 Å². The number of carboxylic acids is 1. The largest absolute Gasteiger partial charge is 0.478 e. The van der Waals surface area contributed by atoms with Crippen molar-refractivity contribution in [3.8, 4) is 0 Å². The third kappa shape index (κ3) is 9.12. The molecule has 0 radical (unpaired) electrons. The Bertz CT molecular complexity index is 2420. The van der Waals surface area contributed by atoms with Crippen LogP contribution >= 0.6 is 0 Å². The zero-order valence-corrected chi connectivity index (χ0v) is 31.7. The lowest BCUT2D eigenvalue weighted by Gasteiger charge is -2.36. The maximum atomic E-state index is 13.8. The third-order valence-electron chi connectivity index (χ3n) is 9.72. The van der Waals surface area contributed by atoms with Crippen LogP contribution < -0.4 is 15.8 Å². The number of aromatic carboxylic acids is 1. The number of carbonyl (C=O) groups is 3. The van der Waals surface area contributed by atoms with Gasteiger partial charge >= 0.3 is 5.97 Å². The lowest BCUT2D eigenvalue weighted by Crippen LogP contribution is -2.50. The van der Waals surface area contributed by atoms with Gasteiger partial charge in [-0.3, -0.25) is 9.59 Å². The minimum absolute atomic E-state index is 0.0547. The number of hydrogen-bond acceptors (Lipinski definition) is 7. The monoisotopic (exact) mass is 786 g/mol. The lowest BCUT2D eigenvalue weighted by molar-refractivity contribution is 0.0696. The van der Waals surface area contributed by atoms with Gasteiger partial charge in [-0.15, -0.1) is 0 Å². The summed E-state index contributed by atoms with van der Waals surface area (Å²) in [4.78, 5) is 41.6. The van der Waals surface area contributed by atoms with Gasteiger partial charge in [0.2, 0.25) is 10.0 Å². The molecule has 55 heavy (non-hydrogen) atoms. The Morgan fingerprint density at radius 1 is 0.818 bits per heavy atom. The Labute approximate surface area is 319 Å². The number of carboxylic acid groups (broad SMARTS) is 1. The Morgan fingerprint density at radius 2 is 1.45 bits per heavy atom. The first-order chi connectivity index (χ1) is 26.2. The van der Waals surface area contributed by atoms with Crippen LogP contribution in [0.2, 0.25) is 0 Å². The average molecular weight is 787 g/mol. The average Bonchev–Trinajstić information content (AvgIpc) is 3.53. The van der Waals surface area contributed by atoms with E-state index in [-0.39, 0.29) is 59.9 Å². The van der Waals surface area contributed by atoms with Gasteiger partial charge in [0, 0.05) is 47.8 Å². The number of amides is 2. The van der Waals surface area contributed by atoms with E-state index in [1.165, 1.54) is 28.6 Å². The minimum Gasteiger partial charge on any atom is -0.478 e. The number of nitrogens with zero attached hydrogens (tertiary/aromatic N) is 2. The third-order valence-corrected chi connectivity index (χ3v) is 12.8. The molecule has 0 aliphatic carbocycles. The number of para-hydroxylation sites is 1. The van der Waals surface area contributed by atoms with Gasteiger partial charge < -0.3 is 20.7 Å². The topological polar surface area (TPSA) is 212 Å². The summed E-state index contributed by atoms with van der Waals surface area (Å²) < 4.78 is 53.6. The molecule has 14 nitrogen and oxygen atoms in total. The number of nitrogens with one attached hydrogen (secondary N) is 3. The number of hydrogen-bond donors (Lipinski definition) is 5. The summed E-state index contributed by atoms with van der Waals surface area (Å²) in [6, 6.07) is 26.6. The molecule has 2 heterocycles. The van der Waals surface area contributed by atoms with Crippen LogP contribution in [0.5, 0.6) is 0 Å². The maximum Gasteiger partial charge on any atom is 0.335 e. The summed E-state index contributed by atoms with van der Waals surface area (Å²) in [6.45, 7) is 2.03. The summed E-state index contributed by atoms with van der Waals surface area (Å²) in [5.41, 5.74) is 3.79. The van der Waals surface area contributed by atoms with Crippen LogP contribution in [0, 0.1) is 0 Å². The fraction of sp³-hybridized carbons (Fsp3) is 0.256. The molecule has 0 spiro atoms. The molecular formula is C39H42N6O8S2. The van der Waals surface area contributed by atoms with Gasteiger partial charge in [-0.05, 0) is 91.8 Å². The first-order valence-corrected chi connectivity index (χ1v) is 20.7. The van der Waals surface area contributed by atoms with E-state index in [9.17, 15) is 31.2 Å². The number of rotatable bonds is 14. The molecule has 0 unspecified atom stereocenters. The van der Waals surface area contributed by atoms with Gasteiger partial charge in [0.1, 0.15) is 5.82 Å². The van der Waals surface area contributed by atoms with Gasteiger partial charge in [-0.25, -0.2) is 18.4 Å². The van der Waals surface area contributed by atoms with E-state index in [4.69, 9.17) is 10.2 Å². The van der Waals surface area contributed by atoms with Crippen LogP contribution in [0.25, 0.3) is 10.9 Å². The summed E-state index contributed by atoms with van der Waals surface area (Å²) in [5, 5.41) is 20.6. The zero-order valence-electron chi connectivity index (χ0n) is 30.1. The molecule has 1 saturated heterocycles. The van der Waals surface area contributed by atoms with Crippen molar-refractivity contribution in [3.63, 3.8) is 0 Å². The van der Waals surface area contributed by atoms with Crippen LogP contribution in [-0.2, 0) is 33.1 Å². The van der Waals surface area contributed by atoms with Crippen molar-refractivity contribution in [1.29, 1.82) is 0 Å². The van der Waals surface area contributed by atoms with E-state index in [0.717, 1.165) is 34.7 Å². The molecule has 2 amide bonds. The van der Waals surface area contributed by atoms with Gasteiger partial charge in [0.25, 0.3) is 22.0 Å². The Balaban J connectivity index is 1.13. The second kappa shape index (κ2) is 16.5. The fourth-order valence-electron chi connectivity index (χ4n) is 6.86. The maximum absolute atomic E-state index is 13.8. The van der Waals surface area contributed by atoms with Crippen molar-refractivity contribution in [2.45, 2.75) is 50.0 Å². The summed E-state index contributed by atoms with van der Waals surface area (Å²) >= 11 is 0. The van der Waals surface area contributed by atoms with Crippen molar-refractivity contribution in [2.75, 3.05) is 30.3 Å². The summed E-state index contributed by atoms with van der Waals surface area (Å²) in [7, 11) is -7.95. The number of aryl methyl sites for hydroxylation is 2. The SMILES string of the molecule is CCN(C1CCN(S(N)(=O)=O)CC1)S(=O)(=O)c1cccc(C(=O)Nc2[nH]c3ccccc3c2C(=O)Nc2ccc(CCCc3ccc(C(=O)O)cc3)cc2)c1. The number of aromatic amines is 1. The van der Waals surface area contributed by atoms with Crippen molar-refractivity contribution in [1.82, 2.24) is 13.6 Å².